The van der Waals surface area contributed by atoms with Gasteiger partial charge in [-0.3, -0.25) is 0 Å². The maximum atomic E-state index is 12.0. The molecule has 92 valence electrons. The second-order valence-corrected chi connectivity index (χ2v) is 5.46. The Balaban J connectivity index is 2.14. The lowest BCUT2D eigenvalue weighted by Gasteiger charge is -2.42. The molecule has 2 N–H and O–H groups in total. The molecule has 0 radical (unpaired) electrons. The average molecular weight is 225 g/mol. The van der Waals surface area contributed by atoms with E-state index >= 15 is 0 Å². The molecule has 2 saturated carbocycles. The first-order chi connectivity index (χ1) is 7.79. The van der Waals surface area contributed by atoms with E-state index in [-0.39, 0.29) is 11.4 Å². The highest BCUT2D eigenvalue weighted by molar-refractivity contribution is 5.77. The van der Waals surface area contributed by atoms with E-state index in [2.05, 4.69) is 4.84 Å². The summed E-state index contributed by atoms with van der Waals surface area (Å²) in [5.41, 5.74) is -0.229. The molecule has 0 aromatic carbocycles. The molecular weight excluding hydrogens is 202 g/mol. The molecule has 0 amide bonds. The highest BCUT2D eigenvalue weighted by atomic mass is 16.7. The van der Waals surface area contributed by atoms with Gasteiger partial charge in [-0.2, -0.15) is 5.90 Å². The molecule has 2 fully saturated rings. The van der Waals surface area contributed by atoms with Crippen LogP contribution in [0.25, 0.3) is 0 Å². The van der Waals surface area contributed by atoms with Crippen LogP contribution in [0.3, 0.4) is 0 Å². The molecule has 2 rings (SSSR count). The Morgan fingerprint density at radius 3 is 2.12 bits per heavy atom. The Labute approximate surface area is 97.7 Å². The number of hydrogen-bond donors (Lipinski definition) is 1. The van der Waals surface area contributed by atoms with Gasteiger partial charge in [0.1, 0.15) is 0 Å². The molecule has 0 heterocycles. The van der Waals surface area contributed by atoms with Crippen LogP contribution >= 0.6 is 0 Å². The van der Waals surface area contributed by atoms with E-state index in [0.717, 1.165) is 25.7 Å². The zero-order valence-corrected chi connectivity index (χ0v) is 10.0. The molecule has 0 aliphatic heterocycles. The van der Waals surface area contributed by atoms with Crippen LogP contribution in [0.4, 0.5) is 0 Å². The Morgan fingerprint density at radius 1 is 1.00 bits per heavy atom. The monoisotopic (exact) mass is 225 g/mol. The van der Waals surface area contributed by atoms with Crippen molar-refractivity contribution in [2.75, 3.05) is 0 Å². The van der Waals surface area contributed by atoms with Gasteiger partial charge in [0.2, 0.25) is 0 Å². The van der Waals surface area contributed by atoms with Crippen LogP contribution in [0.1, 0.15) is 64.2 Å². The molecule has 0 bridgehead atoms. The maximum absolute atomic E-state index is 12.0. The quantitative estimate of drug-likeness (QED) is 0.735. The van der Waals surface area contributed by atoms with Gasteiger partial charge >= 0.3 is 5.97 Å². The zero-order valence-electron chi connectivity index (χ0n) is 10.0. The van der Waals surface area contributed by atoms with Crippen LogP contribution in [0, 0.1) is 11.3 Å². The molecule has 16 heavy (non-hydrogen) atoms. The Kier molecular flexibility index (Phi) is 3.85. The summed E-state index contributed by atoms with van der Waals surface area (Å²) < 4.78 is 0. The highest BCUT2D eigenvalue weighted by Crippen LogP contribution is 2.48. The third-order valence-electron chi connectivity index (χ3n) is 4.65. The number of nitrogens with two attached hydrogens (primary N) is 1. The van der Waals surface area contributed by atoms with Crippen molar-refractivity contribution in [1.82, 2.24) is 0 Å². The van der Waals surface area contributed by atoms with Gasteiger partial charge in [0, 0.05) is 0 Å². The molecular formula is C13H23NO2. The predicted octanol–water partition coefficient (Wildman–Crippen LogP) is 2.93. The van der Waals surface area contributed by atoms with Gasteiger partial charge in [-0.15, -0.1) is 0 Å². The molecule has 2 aliphatic rings. The van der Waals surface area contributed by atoms with E-state index < -0.39 is 0 Å². The van der Waals surface area contributed by atoms with E-state index in [0.29, 0.717) is 5.92 Å². The van der Waals surface area contributed by atoms with Crippen LogP contribution < -0.4 is 5.90 Å². The molecule has 0 aromatic rings. The number of rotatable bonds is 2. The lowest BCUT2D eigenvalue weighted by atomic mass is 9.62. The van der Waals surface area contributed by atoms with Crippen molar-refractivity contribution in [3.8, 4) is 0 Å². The molecule has 0 atom stereocenters. The Morgan fingerprint density at radius 2 is 1.56 bits per heavy atom. The van der Waals surface area contributed by atoms with Gasteiger partial charge in [-0.25, -0.2) is 4.79 Å². The van der Waals surface area contributed by atoms with Crippen molar-refractivity contribution < 1.29 is 9.63 Å². The zero-order chi connectivity index (χ0) is 11.4. The van der Waals surface area contributed by atoms with Crippen molar-refractivity contribution in [2.24, 2.45) is 17.2 Å². The van der Waals surface area contributed by atoms with Gasteiger partial charge in [-0.1, -0.05) is 38.5 Å². The van der Waals surface area contributed by atoms with Gasteiger partial charge in [0.05, 0.1) is 5.41 Å². The average Bonchev–Trinajstić information content (AvgIpc) is 2.39. The SMILES string of the molecule is NOC(=O)C1(C2CCCCC2)CCCCC1. The van der Waals surface area contributed by atoms with Crippen molar-refractivity contribution in [3.05, 3.63) is 0 Å². The first-order valence-corrected chi connectivity index (χ1v) is 6.71. The van der Waals surface area contributed by atoms with Crippen LogP contribution in [0.15, 0.2) is 0 Å². The lowest BCUT2D eigenvalue weighted by Crippen LogP contribution is -2.43. The van der Waals surface area contributed by atoms with Crippen LogP contribution in [-0.2, 0) is 9.63 Å². The van der Waals surface area contributed by atoms with E-state index in [1.807, 2.05) is 0 Å². The van der Waals surface area contributed by atoms with E-state index in [4.69, 9.17) is 5.90 Å². The van der Waals surface area contributed by atoms with Gasteiger partial charge in [0.25, 0.3) is 0 Å². The molecule has 0 saturated heterocycles. The fourth-order valence-electron chi connectivity index (χ4n) is 3.73. The minimum atomic E-state index is -0.229. The highest BCUT2D eigenvalue weighted by Gasteiger charge is 2.47. The third kappa shape index (κ3) is 2.10. The molecule has 0 unspecified atom stereocenters. The van der Waals surface area contributed by atoms with Crippen LogP contribution in [0.2, 0.25) is 0 Å². The minimum absolute atomic E-state index is 0.140. The molecule has 0 aromatic heterocycles. The molecule has 2 aliphatic carbocycles. The molecule has 0 spiro atoms. The molecule has 3 heteroatoms. The summed E-state index contributed by atoms with van der Waals surface area (Å²) in [5, 5.41) is 0. The Bertz CT molecular complexity index is 240. The summed E-state index contributed by atoms with van der Waals surface area (Å²) in [6.07, 6.45) is 11.8. The standard InChI is InChI=1S/C13H23NO2/c14-16-12(15)13(9-5-2-6-10-13)11-7-3-1-4-8-11/h11H,1-10,14H2. The fraction of sp³-hybridized carbons (Fsp3) is 0.923. The first kappa shape index (κ1) is 11.9. The van der Waals surface area contributed by atoms with Crippen LogP contribution in [-0.4, -0.2) is 5.97 Å². The van der Waals surface area contributed by atoms with Crippen LogP contribution in [0.5, 0.6) is 0 Å². The second-order valence-electron chi connectivity index (χ2n) is 5.46. The van der Waals surface area contributed by atoms with Gasteiger partial charge in [0.15, 0.2) is 0 Å². The summed E-state index contributed by atoms with van der Waals surface area (Å²) >= 11 is 0. The summed E-state index contributed by atoms with van der Waals surface area (Å²) in [7, 11) is 0. The number of hydrogen-bond acceptors (Lipinski definition) is 3. The smallest absolute Gasteiger partial charge is 0.330 e. The minimum Gasteiger partial charge on any atom is -0.373 e. The number of carbonyl (C=O) groups excluding carboxylic acids is 1. The largest absolute Gasteiger partial charge is 0.373 e. The summed E-state index contributed by atoms with van der Waals surface area (Å²) in [4.78, 5) is 16.6. The van der Waals surface area contributed by atoms with E-state index in [1.54, 1.807) is 0 Å². The first-order valence-electron chi connectivity index (χ1n) is 6.71. The lowest BCUT2D eigenvalue weighted by molar-refractivity contribution is -0.164. The van der Waals surface area contributed by atoms with Crippen molar-refractivity contribution in [3.63, 3.8) is 0 Å². The Hall–Kier alpha value is -0.570. The molecule has 3 nitrogen and oxygen atoms in total. The van der Waals surface area contributed by atoms with E-state index in [9.17, 15) is 4.79 Å². The number of carbonyl (C=O) groups is 1. The van der Waals surface area contributed by atoms with Crippen molar-refractivity contribution in [1.29, 1.82) is 0 Å². The second kappa shape index (κ2) is 5.17. The van der Waals surface area contributed by atoms with Gasteiger partial charge in [-0.05, 0) is 31.6 Å². The summed E-state index contributed by atoms with van der Waals surface area (Å²) in [6.45, 7) is 0. The van der Waals surface area contributed by atoms with Crippen molar-refractivity contribution >= 4 is 5.97 Å². The van der Waals surface area contributed by atoms with Crippen molar-refractivity contribution in [2.45, 2.75) is 64.2 Å². The van der Waals surface area contributed by atoms with E-state index in [1.165, 1.54) is 38.5 Å². The fourth-order valence-corrected chi connectivity index (χ4v) is 3.73. The predicted molar refractivity (Wildman–Crippen MR) is 62.4 cm³/mol. The maximum Gasteiger partial charge on any atom is 0.330 e. The van der Waals surface area contributed by atoms with Gasteiger partial charge < -0.3 is 4.84 Å². The topological polar surface area (TPSA) is 52.3 Å². The summed E-state index contributed by atoms with van der Waals surface area (Å²) in [5.74, 6) is 5.53. The summed E-state index contributed by atoms with van der Waals surface area (Å²) in [6, 6.07) is 0. The normalized spacial score (nSPS) is 26.3. The third-order valence-corrected chi connectivity index (χ3v) is 4.65.